The highest BCUT2D eigenvalue weighted by Gasteiger charge is 2.32. The molecule has 112 valence electrons. The van der Waals surface area contributed by atoms with Crippen molar-refractivity contribution in [3.05, 3.63) is 41.5 Å². The topological polar surface area (TPSA) is 60.2 Å². The minimum Gasteiger partial charge on any atom is -0.384 e. The lowest BCUT2D eigenvalue weighted by Crippen LogP contribution is -2.25. The highest BCUT2D eigenvalue weighted by atomic mass is 16.5. The number of ether oxygens (including phenoxy) is 1. The molecule has 2 unspecified atom stereocenters. The average Bonchev–Trinajstić information content (AvgIpc) is 3.04. The maximum Gasteiger partial charge on any atom is 0.231 e. The molecule has 0 radical (unpaired) electrons. The Bertz CT molecular complexity index is 619. The van der Waals surface area contributed by atoms with Gasteiger partial charge in [-0.1, -0.05) is 30.3 Å². The molecule has 2 atom stereocenters. The number of fused-ring (bicyclic) bond motifs is 1. The van der Waals surface area contributed by atoms with Crippen LogP contribution in [0.1, 0.15) is 43.5 Å². The lowest BCUT2D eigenvalue weighted by molar-refractivity contribution is -0.0106. The average molecular weight is 287 g/mol. The summed E-state index contributed by atoms with van der Waals surface area (Å²) in [5, 5.41) is 7.55. The van der Waals surface area contributed by atoms with E-state index in [9.17, 15) is 0 Å². The molecule has 0 amide bonds. The van der Waals surface area contributed by atoms with Gasteiger partial charge in [-0.05, 0) is 31.4 Å². The van der Waals surface area contributed by atoms with E-state index in [1.807, 2.05) is 13.0 Å². The zero-order valence-corrected chi connectivity index (χ0v) is 12.7. The van der Waals surface area contributed by atoms with Crippen LogP contribution in [0.2, 0.25) is 0 Å². The number of nitrogens with zero attached hydrogens (tertiary/aromatic N) is 2. The Balaban J connectivity index is 1.82. The van der Waals surface area contributed by atoms with Crippen molar-refractivity contribution in [2.75, 3.05) is 19.0 Å². The highest BCUT2D eigenvalue weighted by Crippen LogP contribution is 2.31. The van der Waals surface area contributed by atoms with E-state index >= 15 is 0 Å². The quantitative estimate of drug-likeness (QED) is 0.936. The SMILES string of the molecule is CCC(C)(OC)c1noc(C2CNc3ccccc3C2)n1. The second-order valence-electron chi connectivity index (χ2n) is 5.68. The van der Waals surface area contributed by atoms with Crippen molar-refractivity contribution in [3.8, 4) is 0 Å². The van der Waals surface area contributed by atoms with Gasteiger partial charge in [-0.3, -0.25) is 0 Å². The minimum absolute atomic E-state index is 0.208. The fraction of sp³-hybridized carbons (Fsp3) is 0.500. The summed E-state index contributed by atoms with van der Waals surface area (Å²) in [7, 11) is 1.68. The van der Waals surface area contributed by atoms with Crippen molar-refractivity contribution in [2.45, 2.75) is 38.2 Å². The van der Waals surface area contributed by atoms with E-state index in [0.717, 1.165) is 19.4 Å². The Kier molecular flexibility index (Phi) is 3.68. The van der Waals surface area contributed by atoms with Crippen LogP contribution in [0.15, 0.2) is 28.8 Å². The van der Waals surface area contributed by atoms with E-state index in [1.54, 1.807) is 7.11 Å². The van der Waals surface area contributed by atoms with Crippen LogP contribution in [0.3, 0.4) is 0 Å². The number of nitrogens with one attached hydrogen (secondary N) is 1. The molecule has 0 fully saturated rings. The van der Waals surface area contributed by atoms with E-state index in [1.165, 1.54) is 11.3 Å². The van der Waals surface area contributed by atoms with Gasteiger partial charge in [-0.25, -0.2) is 0 Å². The molecule has 0 saturated heterocycles. The summed E-state index contributed by atoms with van der Waals surface area (Å²) in [6, 6.07) is 8.34. The summed E-state index contributed by atoms with van der Waals surface area (Å²) in [6.45, 7) is 4.85. The molecule has 0 spiro atoms. The number of aromatic nitrogens is 2. The molecule has 0 aliphatic carbocycles. The molecule has 0 bridgehead atoms. The molecule has 21 heavy (non-hydrogen) atoms. The van der Waals surface area contributed by atoms with Gasteiger partial charge < -0.3 is 14.6 Å². The first kappa shape index (κ1) is 14.1. The Hall–Kier alpha value is -1.88. The third-order valence-corrected chi connectivity index (χ3v) is 4.41. The van der Waals surface area contributed by atoms with Crippen molar-refractivity contribution in [1.82, 2.24) is 10.1 Å². The molecule has 5 heteroatoms. The fourth-order valence-corrected chi connectivity index (χ4v) is 2.63. The summed E-state index contributed by atoms with van der Waals surface area (Å²) in [5.41, 5.74) is 2.00. The maximum absolute atomic E-state index is 5.53. The van der Waals surface area contributed by atoms with Gasteiger partial charge in [0, 0.05) is 19.3 Å². The molecule has 0 saturated carbocycles. The molecule has 3 rings (SSSR count). The molecule has 1 aliphatic rings. The fourth-order valence-electron chi connectivity index (χ4n) is 2.63. The normalized spacial score (nSPS) is 20.4. The van der Waals surface area contributed by atoms with E-state index in [2.05, 4.69) is 40.6 Å². The molecule has 1 N–H and O–H groups in total. The first-order valence-electron chi connectivity index (χ1n) is 7.37. The summed E-state index contributed by atoms with van der Waals surface area (Å²) >= 11 is 0. The number of hydrogen-bond donors (Lipinski definition) is 1. The van der Waals surface area contributed by atoms with Crippen LogP contribution in [0.25, 0.3) is 0 Å². The Morgan fingerprint density at radius 3 is 3.00 bits per heavy atom. The van der Waals surface area contributed by atoms with Gasteiger partial charge >= 0.3 is 0 Å². The van der Waals surface area contributed by atoms with Crippen molar-refractivity contribution >= 4 is 5.69 Å². The van der Waals surface area contributed by atoms with Crippen LogP contribution >= 0.6 is 0 Å². The second kappa shape index (κ2) is 5.48. The van der Waals surface area contributed by atoms with Crippen LogP contribution in [-0.4, -0.2) is 23.8 Å². The van der Waals surface area contributed by atoms with Crippen LogP contribution in [-0.2, 0) is 16.8 Å². The Labute approximate surface area is 124 Å². The number of benzene rings is 1. The van der Waals surface area contributed by atoms with Gasteiger partial charge in [0.05, 0.1) is 5.92 Å². The minimum atomic E-state index is -0.484. The van der Waals surface area contributed by atoms with E-state index < -0.39 is 5.60 Å². The molecule has 2 aromatic rings. The van der Waals surface area contributed by atoms with Crippen molar-refractivity contribution in [1.29, 1.82) is 0 Å². The number of methoxy groups -OCH3 is 1. The summed E-state index contributed by atoms with van der Waals surface area (Å²) < 4.78 is 11.0. The molecule has 2 heterocycles. The zero-order valence-electron chi connectivity index (χ0n) is 12.7. The predicted octanol–water partition coefficient (Wildman–Crippen LogP) is 3.09. The lowest BCUT2D eigenvalue weighted by Gasteiger charge is -2.24. The van der Waals surface area contributed by atoms with E-state index in [0.29, 0.717) is 11.7 Å². The molecule has 1 aliphatic heterocycles. The number of anilines is 1. The van der Waals surface area contributed by atoms with Crippen LogP contribution in [0.4, 0.5) is 5.69 Å². The van der Waals surface area contributed by atoms with Gasteiger partial charge in [0.2, 0.25) is 11.7 Å². The number of hydrogen-bond acceptors (Lipinski definition) is 5. The molecule has 1 aromatic heterocycles. The van der Waals surface area contributed by atoms with E-state index in [-0.39, 0.29) is 5.92 Å². The van der Waals surface area contributed by atoms with Gasteiger partial charge in [-0.2, -0.15) is 4.98 Å². The largest absolute Gasteiger partial charge is 0.384 e. The van der Waals surface area contributed by atoms with Crippen LogP contribution in [0, 0.1) is 0 Å². The van der Waals surface area contributed by atoms with Crippen molar-refractivity contribution in [2.24, 2.45) is 0 Å². The standard InChI is InChI=1S/C16H21N3O2/c1-4-16(2,20-3)15-18-14(21-19-15)12-9-11-7-5-6-8-13(11)17-10-12/h5-8,12,17H,4,9-10H2,1-3H3. The van der Waals surface area contributed by atoms with Gasteiger partial charge in [-0.15, -0.1) is 0 Å². The Morgan fingerprint density at radius 2 is 2.24 bits per heavy atom. The zero-order chi connectivity index (χ0) is 14.9. The van der Waals surface area contributed by atoms with Gasteiger partial charge in [0.1, 0.15) is 5.60 Å². The van der Waals surface area contributed by atoms with Crippen molar-refractivity contribution in [3.63, 3.8) is 0 Å². The van der Waals surface area contributed by atoms with Gasteiger partial charge in [0.15, 0.2) is 0 Å². The predicted molar refractivity (Wildman–Crippen MR) is 80.3 cm³/mol. The number of para-hydroxylation sites is 1. The molecular weight excluding hydrogens is 266 g/mol. The van der Waals surface area contributed by atoms with Crippen LogP contribution in [0.5, 0.6) is 0 Å². The summed E-state index contributed by atoms with van der Waals surface area (Å²) in [5.74, 6) is 1.52. The second-order valence-corrected chi connectivity index (χ2v) is 5.68. The Morgan fingerprint density at radius 1 is 1.43 bits per heavy atom. The number of rotatable bonds is 4. The first-order chi connectivity index (χ1) is 10.2. The van der Waals surface area contributed by atoms with Gasteiger partial charge in [0.25, 0.3) is 0 Å². The highest BCUT2D eigenvalue weighted by molar-refractivity contribution is 5.53. The smallest absolute Gasteiger partial charge is 0.231 e. The third kappa shape index (κ3) is 2.53. The van der Waals surface area contributed by atoms with Crippen LogP contribution < -0.4 is 5.32 Å². The van der Waals surface area contributed by atoms with Crippen molar-refractivity contribution < 1.29 is 9.26 Å². The summed E-state index contributed by atoms with van der Waals surface area (Å²) in [6.07, 6.45) is 1.72. The molecule has 1 aromatic carbocycles. The van der Waals surface area contributed by atoms with E-state index in [4.69, 9.17) is 9.26 Å². The molecule has 5 nitrogen and oxygen atoms in total. The third-order valence-electron chi connectivity index (χ3n) is 4.41. The summed E-state index contributed by atoms with van der Waals surface area (Å²) in [4.78, 5) is 4.58. The lowest BCUT2D eigenvalue weighted by atomic mass is 9.94. The molecular formula is C16H21N3O2. The first-order valence-corrected chi connectivity index (χ1v) is 7.37. The maximum atomic E-state index is 5.53. The monoisotopic (exact) mass is 287 g/mol.